The Morgan fingerprint density at radius 2 is 1.33 bits per heavy atom. The van der Waals surface area contributed by atoms with Crippen molar-refractivity contribution < 1.29 is 28.7 Å². The number of ether oxygens (including phenoxy) is 2. The number of carbonyl (C=O) groups excluding carboxylic acids is 4. The SMILES string of the molecule is CCCCCCCCCCC=CC1CC(=O)OC1=O.O=C1OC(=O)C2CCCCC12. The Balaban J connectivity index is 0.000000244. The van der Waals surface area contributed by atoms with Gasteiger partial charge >= 0.3 is 23.9 Å². The van der Waals surface area contributed by atoms with Gasteiger partial charge in [0.25, 0.3) is 0 Å². The van der Waals surface area contributed by atoms with Crippen molar-refractivity contribution in [2.24, 2.45) is 17.8 Å². The first kappa shape index (κ1) is 24.3. The summed E-state index contributed by atoms with van der Waals surface area (Å²) in [6.45, 7) is 2.24. The lowest BCUT2D eigenvalue weighted by Gasteiger charge is -2.18. The number of esters is 4. The van der Waals surface area contributed by atoms with Crippen molar-refractivity contribution in [2.45, 2.75) is 96.8 Å². The van der Waals surface area contributed by atoms with Gasteiger partial charge in [0, 0.05) is 0 Å². The maximum Gasteiger partial charge on any atom is 0.321 e. The third kappa shape index (κ3) is 8.04. The van der Waals surface area contributed by atoms with Gasteiger partial charge in [0.05, 0.1) is 24.2 Å². The van der Waals surface area contributed by atoms with Crippen LogP contribution in [0.15, 0.2) is 12.2 Å². The van der Waals surface area contributed by atoms with Gasteiger partial charge in [-0.25, -0.2) is 0 Å². The first-order valence-electron chi connectivity index (χ1n) is 11.7. The van der Waals surface area contributed by atoms with E-state index < -0.39 is 11.9 Å². The molecule has 6 heteroatoms. The van der Waals surface area contributed by atoms with Gasteiger partial charge in [0.15, 0.2) is 0 Å². The van der Waals surface area contributed by atoms with E-state index in [2.05, 4.69) is 16.4 Å². The highest BCUT2D eigenvalue weighted by molar-refractivity contribution is 5.96. The van der Waals surface area contributed by atoms with Crippen LogP contribution in [0.3, 0.4) is 0 Å². The van der Waals surface area contributed by atoms with Crippen molar-refractivity contribution in [2.75, 3.05) is 0 Å². The molecule has 1 saturated carbocycles. The van der Waals surface area contributed by atoms with Gasteiger partial charge in [-0.1, -0.05) is 76.9 Å². The minimum atomic E-state index is -0.397. The smallest absolute Gasteiger partial charge is 0.321 e. The molecule has 1 aliphatic carbocycles. The van der Waals surface area contributed by atoms with Crippen LogP contribution in [-0.4, -0.2) is 23.9 Å². The summed E-state index contributed by atoms with van der Waals surface area (Å²) in [5.41, 5.74) is 0. The van der Waals surface area contributed by atoms with Crippen LogP contribution in [0.5, 0.6) is 0 Å². The first-order valence-corrected chi connectivity index (χ1v) is 11.7. The van der Waals surface area contributed by atoms with Gasteiger partial charge in [0.2, 0.25) is 0 Å². The van der Waals surface area contributed by atoms with Gasteiger partial charge in [-0.05, 0) is 25.7 Å². The second-order valence-corrected chi connectivity index (χ2v) is 8.53. The Bertz CT molecular complexity index is 601. The predicted octanol–water partition coefficient (Wildman–Crippen LogP) is 5.04. The normalized spacial score (nSPS) is 25.7. The van der Waals surface area contributed by atoms with E-state index in [-0.39, 0.29) is 36.1 Å². The molecule has 3 rings (SSSR count). The van der Waals surface area contributed by atoms with Crippen LogP contribution in [0.2, 0.25) is 0 Å². The molecule has 30 heavy (non-hydrogen) atoms. The van der Waals surface area contributed by atoms with Crippen LogP contribution in [-0.2, 0) is 28.7 Å². The van der Waals surface area contributed by atoms with Crippen LogP contribution in [0.1, 0.15) is 96.8 Å². The third-order valence-electron chi connectivity index (χ3n) is 6.07. The Labute approximate surface area is 179 Å². The zero-order valence-corrected chi connectivity index (χ0v) is 18.2. The Morgan fingerprint density at radius 3 is 1.87 bits per heavy atom. The maximum atomic E-state index is 11.2. The summed E-state index contributed by atoms with van der Waals surface area (Å²) in [7, 11) is 0. The molecule has 0 N–H and O–H groups in total. The van der Waals surface area contributed by atoms with Gasteiger partial charge in [-0.2, -0.15) is 0 Å². The number of cyclic esters (lactones) is 4. The summed E-state index contributed by atoms with van der Waals surface area (Å²) < 4.78 is 9.02. The van der Waals surface area contributed by atoms with Crippen LogP contribution in [0.4, 0.5) is 0 Å². The summed E-state index contributed by atoms with van der Waals surface area (Å²) in [5.74, 6) is -1.91. The van der Waals surface area contributed by atoms with E-state index in [4.69, 9.17) is 0 Å². The van der Waals surface area contributed by atoms with Gasteiger partial charge in [-0.15, -0.1) is 0 Å². The largest absolute Gasteiger partial charge is 0.393 e. The van der Waals surface area contributed by atoms with Crippen molar-refractivity contribution in [3.63, 3.8) is 0 Å². The molecular weight excluding hydrogens is 384 g/mol. The minimum absolute atomic E-state index is 0.101. The highest BCUT2D eigenvalue weighted by Crippen LogP contribution is 2.36. The molecule has 2 saturated heterocycles. The number of unbranched alkanes of at least 4 members (excludes halogenated alkanes) is 8. The number of allylic oxidation sites excluding steroid dienone is 1. The second kappa shape index (κ2) is 13.3. The molecule has 3 unspecified atom stereocenters. The molecule has 2 heterocycles. The van der Waals surface area contributed by atoms with Crippen LogP contribution < -0.4 is 0 Å². The molecule has 0 aromatic carbocycles. The van der Waals surface area contributed by atoms with Crippen molar-refractivity contribution in [1.82, 2.24) is 0 Å². The van der Waals surface area contributed by atoms with E-state index >= 15 is 0 Å². The van der Waals surface area contributed by atoms with Gasteiger partial charge in [0.1, 0.15) is 0 Å². The molecule has 168 valence electrons. The monoisotopic (exact) mass is 420 g/mol. The fourth-order valence-electron chi connectivity index (χ4n) is 4.24. The zero-order chi connectivity index (χ0) is 21.8. The standard InChI is InChI=1S/C16H26O3.C8H10O3/c1-2-3-4-5-6-7-8-9-10-11-12-14-13-15(17)19-16(14)18;9-7-5-3-1-2-4-6(5)8(10)11-7/h11-12,14H,2-10,13H2,1H3;5-6H,1-4H2. The van der Waals surface area contributed by atoms with Crippen molar-refractivity contribution in [1.29, 1.82) is 0 Å². The van der Waals surface area contributed by atoms with E-state index in [0.717, 1.165) is 32.1 Å². The summed E-state index contributed by atoms with van der Waals surface area (Å²) in [6.07, 6.45) is 19.3. The number of rotatable bonds is 10. The topological polar surface area (TPSA) is 86.7 Å². The fraction of sp³-hybridized carbons (Fsp3) is 0.750. The summed E-state index contributed by atoms with van der Waals surface area (Å²) in [6, 6.07) is 0. The molecule has 0 radical (unpaired) electrons. The maximum absolute atomic E-state index is 11.2. The van der Waals surface area contributed by atoms with Gasteiger partial charge < -0.3 is 9.47 Å². The molecule has 3 aliphatic rings. The lowest BCUT2D eigenvalue weighted by atomic mass is 9.81. The first-order chi connectivity index (χ1) is 14.5. The second-order valence-electron chi connectivity index (χ2n) is 8.53. The predicted molar refractivity (Wildman–Crippen MR) is 112 cm³/mol. The molecule has 0 amide bonds. The van der Waals surface area contributed by atoms with Crippen molar-refractivity contribution in [3.8, 4) is 0 Å². The molecule has 0 aromatic heterocycles. The van der Waals surface area contributed by atoms with E-state index in [0.29, 0.717) is 0 Å². The number of hydrogen-bond acceptors (Lipinski definition) is 6. The van der Waals surface area contributed by atoms with E-state index in [1.807, 2.05) is 12.2 Å². The molecule has 0 aromatic rings. The molecule has 3 atom stereocenters. The van der Waals surface area contributed by atoms with Crippen LogP contribution in [0, 0.1) is 17.8 Å². The molecule has 2 aliphatic heterocycles. The highest BCUT2D eigenvalue weighted by Gasteiger charge is 2.44. The molecule has 0 spiro atoms. The average Bonchev–Trinajstić information content (AvgIpc) is 3.21. The highest BCUT2D eigenvalue weighted by atomic mass is 16.6. The molecular formula is C24H36O6. The van der Waals surface area contributed by atoms with E-state index in [9.17, 15) is 19.2 Å². The number of fused-ring (bicyclic) bond motifs is 1. The summed E-state index contributed by atoms with van der Waals surface area (Å²) in [4.78, 5) is 44.0. The van der Waals surface area contributed by atoms with Crippen LogP contribution >= 0.6 is 0 Å². The van der Waals surface area contributed by atoms with Crippen molar-refractivity contribution >= 4 is 23.9 Å². The van der Waals surface area contributed by atoms with Gasteiger partial charge in [-0.3, -0.25) is 19.2 Å². The van der Waals surface area contributed by atoms with Crippen LogP contribution in [0.25, 0.3) is 0 Å². The fourth-order valence-corrected chi connectivity index (χ4v) is 4.24. The number of hydrogen-bond donors (Lipinski definition) is 0. The Hall–Kier alpha value is -1.98. The zero-order valence-electron chi connectivity index (χ0n) is 18.2. The molecule has 6 nitrogen and oxygen atoms in total. The number of carbonyl (C=O) groups is 4. The molecule has 0 bridgehead atoms. The van der Waals surface area contributed by atoms with E-state index in [1.165, 1.54) is 51.4 Å². The molecule has 3 fully saturated rings. The summed E-state index contributed by atoms with van der Waals surface area (Å²) >= 11 is 0. The Morgan fingerprint density at radius 1 is 0.767 bits per heavy atom. The average molecular weight is 421 g/mol. The lowest BCUT2D eigenvalue weighted by Crippen LogP contribution is -2.21. The third-order valence-corrected chi connectivity index (χ3v) is 6.07. The minimum Gasteiger partial charge on any atom is -0.393 e. The summed E-state index contributed by atoms with van der Waals surface area (Å²) in [5, 5.41) is 0. The van der Waals surface area contributed by atoms with Crippen molar-refractivity contribution in [3.05, 3.63) is 12.2 Å². The quantitative estimate of drug-likeness (QED) is 0.213. The van der Waals surface area contributed by atoms with E-state index in [1.54, 1.807) is 0 Å². The Kier molecular flexibility index (Phi) is 10.8. The lowest BCUT2D eigenvalue weighted by molar-refractivity contribution is -0.155.